The highest BCUT2D eigenvalue weighted by Gasteiger charge is 2.67. The molecule has 4 aliphatic rings. The molecular weight excluding hydrogens is 304 g/mol. The largest absolute Gasteiger partial charge is 0.422 e. The van der Waals surface area contributed by atoms with Gasteiger partial charge in [0.15, 0.2) is 5.76 Å². The lowest BCUT2D eigenvalue weighted by Gasteiger charge is -2.54. The molecule has 1 aliphatic heterocycles. The topological polar surface area (TPSA) is 63.6 Å². The molecule has 0 aromatic carbocycles. The Labute approximate surface area is 141 Å². The molecule has 1 heterocycles. The maximum atomic E-state index is 13.1. The van der Waals surface area contributed by atoms with Crippen molar-refractivity contribution in [3.05, 3.63) is 47.8 Å². The Morgan fingerprint density at radius 1 is 1.25 bits per heavy atom. The van der Waals surface area contributed by atoms with Crippen molar-refractivity contribution in [2.75, 3.05) is 0 Å². The first-order chi connectivity index (χ1) is 11.1. The van der Waals surface area contributed by atoms with Crippen LogP contribution in [-0.4, -0.2) is 22.5 Å². The minimum atomic E-state index is -1.32. The summed E-state index contributed by atoms with van der Waals surface area (Å²) >= 11 is 0. The van der Waals surface area contributed by atoms with Gasteiger partial charge in [-0.05, 0) is 33.1 Å². The molecule has 4 atom stereocenters. The van der Waals surface area contributed by atoms with E-state index in [9.17, 15) is 14.7 Å². The molecule has 0 fully saturated rings. The summed E-state index contributed by atoms with van der Waals surface area (Å²) in [6.45, 7) is 9.57. The highest BCUT2D eigenvalue weighted by Crippen LogP contribution is 2.64. The number of Topliss-reactive ketones (excluding diaryl/α,β-unsaturated/α-hetero) is 1. The van der Waals surface area contributed by atoms with Gasteiger partial charge in [-0.3, -0.25) is 9.59 Å². The lowest BCUT2D eigenvalue weighted by molar-refractivity contribution is -0.146. The minimum Gasteiger partial charge on any atom is -0.422 e. The van der Waals surface area contributed by atoms with Crippen LogP contribution in [0.2, 0.25) is 0 Å². The van der Waals surface area contributed by atoms with Crippen molar-refractivity contribution in [2.45, 2.75) is 45.6 Å². The van der Waals surface area contributed by atoms with Crippen LogP contribution in [0.3, 0.4) is 0 Å². The number of allylic oxidation sites excluding steroid dienone is 4. The van der Waals surface area contributed by atoms with E-state index in [2.05, 4.69) is 6.58 Å². The van der Waals surface area contributed by atoms with E-state index in [1.165, 1.54) is 0 Å². The summed E-state index contributed by atoms with van der Waals surface area (Å²) in [4.78, 5) is 25.6. The van der Waals surface area contributed by atoms with Crippen molar-refractivity contribution >= 4 is 11.8 Å². The highest BCUT2D eigenvalue weighted by molar-refractivity contribution is 6.14. The zero-order chi connectivity index (χ0) is 17.5. The fourth-order valence-electron chi connectivity index (χ4n) is 4.90. The number of hydrogen-bond acceptors (Lipinski definition) is 4. The Bertz CT molecular complexity index is 800. The molecule has 24 heavy (non-hydrogen) atoms. The number of fused-ring (bicyclic) bond motifs is 2. The van der Waals surface area contributed by atoms with Crippen LogP contribution < -0.4 is 0 Å². The van der Waals surface area contributed by atoms with Crippen LogP contribution >= 0.6 is 0 Å². The van der Waals surface area contributed by atoms with Gasteiger partial charge in [0.1, 0.15) is 5.60 Å². The smallest absolute Gasteiger partial charge is 0.321 e. The fraction of sp³-hybridized carbons (Fsp3) is 0.500. The summed E-state index contributed by atoms with van der Waals surface area (Å²) < 4.78 is 5.43. The van der Waals surface area contributed by atoms with Crippen LogP contribution in [0.4, 0.5) is 0 Å². The van der Waals surface area contributed by atoms with E-state index in [1.54, 1.807) is 13.0 Å². The summed E-state index contributed by atoms with van der Waals surface area (Å²) in [7, 11) is 0. The van der Waals surface area contributed by atoms with E-state index in [0.29, 0.717) is 30.4 Å². The zero-order valence-electron chi connectivity index (χ0n) is 14.3. The standard InChI is InChI=1S/C20H22O4/c1-5-17(2)9-10-20(23)12(11-17)13(21)14-15-18(3,16(22)24-14)7-6-8-19(15,20)4/h5-6,8,11,23H,1,7,9-10H2,2-4H3/t17-,18-,19-,20+/m0/s1. The molecule has 4 rings (SSSR count). The summed E-state index contributed by atoms with van der Waals surface area (Å²) in [5, 5.41) is 11.6. The van der Waals surface area contributed by atoms with Crippen LogP contribution in [0.5, 0.6) is 0 Å². The summed E-state index contributed by atoms with van der Waals surface area (Å²) in [5.74, 6) is -0.630. The van der Waals surface area contributed by atoms with E-state index in [1.807, 2.05) is 32.1 Å². The summed E-state index contributed by atoms with van der Waals surface area (Å²) in [6, 6.07) is 0. The van der Waals surface area contributed by atoms with Gasteiger partial charge in [0.2, 0.25) is 5.78 Å². The maximum Gasteiger partial charge on any atom is 0.321 e. The number of hydrogen-bond donors (Lipinski definition) is 1. The number of esters is 1. The number of carbonyl (C=O) groups excluding carboxylic acids is 2. The number of rotatable bonds is 1. The molecular formula is C20H22O4. The fourth-order valence-corrected chi connectivity index (χ4v) is 4.90. The minimum absolute atomic E-state index is 0.124. The quantitative estimate of drug-likeness (QED) is 0.594. The second-order valence-electron chi connectivity index (χ2n) is 8.19. The molecule has 0 bridgehead atoms. The first kappa shape index (κ1) is 15.6. The number of carbonyl (C=O) groups is 2. The molecule has 0 spiro atoms. The normalized spacial score (nSPS) is 46.2. The molecule has 4 nitrogen and oxygen atoms in total. The van der Waals surface area contributed by atoms with Crippen LogP contribution in [0.25, 0.3) is 0 Å². The molecule has 0 saturated carbocycles. The molecule has 0 unspecified atom stereocenters. The van der Waals surface area contributed by atoms with Gasteiger partial charge in [-0.25, -0.2) is 0 Å². The summed E-state index contributed by atoms with van der Waals surface area (Å²) in [5.41, 5.74) is -2.37. The van der Waals surface area contributed by atoms with Gasteiger partial charge in [-0.1, -0.05) is 31.2 Å². The molecule has 3 aliphatic carbocycles. The molecule has 0 saturated heterocycles. The van der Waals surface area contributed by atoms with Crippen molar-refractivity contribution in [2.24, 2.45) is 16.2 Å². The average Bonchev–Trinajstić information content (AvgIpc) is 2.81. The summed E-state index contributed by atoms with van der Waals surface area (Å²) in [6.07, 6.45) is 9.13. The predicted molar refractivity (Wildman–Crippen MR) is 88.7 cm³/mol. The second-order valence-corrected chi connectivity index (χ2v) is 8.19. The van der Waals surface area contributed by atoms with Crippen LogP contribution in [0, 0.1) is 16.2 Å². The third-order valence-electron chi connectivity index (χ3n) is 6.64. The Morgan fingerprint density at radius 2 is 1.96 bits per heavy atom. The Kier molecular flexibility index (Phi) is 2.71. The van der Waals surface area contributed by atoms with E-state index < -0.39 is 22.4 Å². The van der Waals surface area contributed by atoms with E-state index in [4.69, 9.17) is 4.74 Å². The van der Waals surface area contributed by atoms with Crippen molar-refractivity contribution in [3.8, 4) is 0 Å². The highest BCUT2D eigenvalue weighted by atomic mass is 16.5. The van der Waals surface area contributed by atoms with Crippen LogP contribution in [-0.2, 0) is 14.3 Å². The molecule has 1 N–H and O–H groups in total. The molecule has 4 heteroatoms. The van der Waals surface area contributed by atoms with E-state index in [0.717, 1.165) is 0 Å². The van der Waals surface area contributed by atoms with Gasteiger partial charge in [-0.15, -0.1) is 6.58 Å². The zero-order valence-corrected chi connectivity index (χ0v) is 14.3. The molecule has 0 radical (unpaired) electrons. The molecule has 0 aromatic rings. The number of aliphatic hydroxyl groups is 1. The number of ether oxygens (including phenoxy) is 1. The van der Waals surface area contributed by atoms with Gasteiger partial charge in [-0.2, -0.15) is 0 Å². The van der Waals surface area contributed by atoms with E-state index in [-0.39, 0.29) is 17.0 Å². The van der Waals surface area contributed by atoms with Crippen molar-refractivity contribution in [3.63, 3.8) is 0 Å². The van der Waals surface area contributed by atoms with Gasteiger partial charge < -0.3 is 9.84 Å². The van der Waals surface area contributed by atoms with Gasteiger partial charge in [0.25, 0.3) is 0 Å². The van der Waals surface area contributed by atoms with Gasteiger partial charge in [0.05, 0.1) is 5.41 Å². The predicted octanol–water partition coefficient (Wildman–Crippen LogP) is 3.00. The Morgan fingerprint density at radius 3 is 2.62 bits per heavy atom. The van der Waals surface area contributed by atoms with Crippen LogP contribution in [0.15, 0.2) is 47.8 Å². The maximum absolute atomic E-state index is 13.1. The van der Waals surface area contributed by atoms with Crippen molar-refractivity contribution in [1.29, 1.82) is 0 Å². The first-order valence-electron chi connectivity index (χ1n) is 8.41. The third-order valence-corrected chi connectivity index (χ3v) is 6.64. The lowest BCUT2D eigenvalue weighted by atomic mass is 9.49. The SMILES string of the molecule is C=C[C@]1(C)C=C2C(=O)C3=C4[C@](C)(CC=C[C@]4(C)[C@@]2(O)CC1)C(=O)O3. The molecule has 0 aromatic heterocycles. The molecule has 0 amide bonds. The average molecular weight is 326 g/mol. The monoisotopic (exact) mass is 326 g/mol. The van der Waals surface area contributed by atoms with Crippen molar-refractivity contribution in [1.82, 2.24) is 0 Å². The van der Waals surface area contributed by atoms with Gasteiger partial charge in [0, 0.05) is 22.0 Å². The van der Waals surface area contributed by atoms with Crippen LogP contribution in [0.1, 0.15) is 40.0 Å². The lowest BCUT2D eigenvalue weighted by Crippen LogP contribution is -2.58. The van der Waals surface area contributed by atoms with E-state index >= 15 is 0 Å². The van der Waals surface area contributed by atoms with Crippen molar-refractivity contribution < 1.29 is 19.4 Å². The molecule has 126 valence electrons. The third kappa shape index (κ3) is 1.48. The number of ketones is 1. The first-order valence-corrected chi connectivity index (χ1v) is 8.41. The second kappa shape index (κ2) is 4.17. The Hall–Kier alpha value is -1.94. The Balaban J connectivity index is 2.04. The van der Waals surface area contributed by atoms with Gasteiger partial charge >= 0.3 is 5.97 Å².